The third kappa shape index (κ3) is 7.79. The van der Waals surface area contributed by atoms with Crippen LogP contribution in [0, 0.1) is 11.3 Å². The first-order chi connectivity index (χ1) is 22.7. The maximum absolute atomic E-state index is 14.1. The van der Waals surface area contributed by atoms with Crippen LogP contribution in [0.15, 0.2) is 79.0 Å². The summed E-state index contributed by atoms with van der Waals surface area (Å²) in [4.78, 5) is 29.5. The van der Waals surface area contributed by atoms with Gasteiger partial charge in [-0.3, -0.25) is 9.80 Å². The van der Waals surface area contributed by atoms with Gasteiger partial charge in [0.2, 0.25) is 5.95 Å². The average molecular weight is 637 g/mol. The topological polar surface area (TPSA) is 83.1 Å². The lowest BCUT2D eigenvalue weighted by Crippen LogP contribution is -2.47. The molecular formula is C38H48N6O3. The van der Waals surface area contributed by atoms with Gasteiger partial charge in [-0.2, -0.15) is 4.98 Å². The Bertz CT molecular complexity index is 1610. The predicted octanol–water partition coefficient (Wildman–Crippen LogP) is 8.67. The van der Waals surface area contributed by atoms with E-state index >= 15 is 0 Å². The zero-order valence-corrected chi connectivity index (χ0v) is 28.8. The fraction of sp³-hybridized carbons (Fsp3) is 0.395. The van der Waals surface area contributed by atoms with Gasteiger partial charge in [0.1, 0.15) is 17.3 Å². The molecule has 9 nitrogen and oxygen atoms in total. The maximum atomic E-state index is 14.1. The smallest absolute Gasteiger partial charge is 0.330 e. The van der Waals surface area contributed by atoms with Crippen molar-refractivity contribution in [2.75, 3.05) is 47.3 Å². The lowest BCUT2D eigenvalue weighted by molar-refractivity contribution is 0.199. The van der Waals surface area contributed by atoms with Crippen molar-refractivity contribution < 1.29 is 14.3 Å². The first-order valence-electron chi connectivity index (χ1n) is 16.6. The van der Waals surface area contributed by atoms with Gasteiger partial charge < -0.3 is 19.7 Å². The summed E-state index contributed by atoms with van der Waals surface area (Å²) >= 11 is 0. The Morgan fingerprint density at radius 1 is 0.872 bits per heavy atom. The summed E-state index contributed by atoms with van der Waals surface area (Å²) in [6.45, 7) is 13.9. The van der Waals surface area contributed by atoms with Gasteiger partial charge in [-0.1, -0.05) is 65.0 Å². The molecule has 248 valence electrons. The van der Waals surface area contributed by atoms with Crippen LogP contribution in [0.5, 0.6) is 11.5 Å². The average Bonchev–Trinajstić information content (AvgIpc) is 3.10. The number of hydrogen-bond donors (Lipinski definition) is 1. The highest BCUT2D eigenvalue weighted by atomic mass is 16.5. The maximum Gasteiger partial charge on any atom is 0.330 e. The molecule has 3 heterocycles. The highest BCUT2D eigenvalue weighted by molar-refractivity contribution is 6.05. The lowest BCUT2D eigenvalue weighted by Gasteiger charge is -2.39. The number of ether oxygens (including phenoxy) is 2. The molecule has 1 saturated heterocycles. The molecule has 0 aliphatic carbocycles. The molecule has 0 atom stereocenters. The van der Waals surface area contributed by atoms with Crippen molar-refractivity contribution in [2.24, 2.45) is 11.3 Å². The Labute approximate surface area is 279 Å². The van der Waals surface area contributed by atoms with Crippen molar-refractivity contribution in [2.45, 2.75) is 60.5 Å². The monoisotopic (exact) mass is 636 g/mol. The third-order valence-corrected chi connectivity index (χ3v) is 8.93. The number of nitrogens with zero attached hydrogens (tertiary/aromatic N) is 5. The Morgan fingerprint density at radius 3 is 2.11 bits per heavy atom. The van der Waals surface area contributed by atoms with Crippen molar-refractivity contribution in [3.63, 3.8) is 0 Å². The van der Waals surface area contributed by atoms with Gasteiger partial charge >= 0.3 is 6.03 Å². The van der Waals surface area contributed by atoms with Gasteiger partial charge in [0, 0.05) is 54.4 Å². The first kappa shape index (κ1) is 33.6. The standard InChI is InChI=1S/C36H42N6O3.C2H6/c1-36(2,3)27-15-17-40(18-16-27)29-13-11-28(12-14-29)38-34-37-22-26-24-41(30-19-31(44-4)21-32(20-30)45-5)35(43)42(33(26)39-34)23-25-9-7-6-8-10-25;1-2/h6-14,19-22,27H,15-18,23-24H2,1-5H3,(H,37,38,39);1-2H3. The quantitative estimate of drug-likeness (QED) is 0.207. The molecule has 0 spiro atoms. The van der Waals surface area contributed by atoms with E-state index in [9.17, 15) is 4.79 Å². The molecule has 3 aromatic carbocycles. The number of amides is 2. The Balaban J connectivity index is 0.00000213. The fourth-order valence-electron chi connectivity index (χ4n) is 6.22. The van der Waals surface area contributed by atoms with Gasteiger partial charge in [0.15, 0.2) is 0 Å². The summed E-state index contributed by atoms with van der Waals surface area (Å²) in [7, 11) is 3.19. The second kappa shape index (κ2) is 14.8. The number of carbonyl (C=O) groups is 1. The molecule has 2 aliphatic heterocycles. The van der Waals surface area contributed by atoms with E-state index in [2.05, 4.69) is 60.2 Å². The van der Waals surface area contributed by atoms with E-state index in [-0.39, 0.29) is 6.03 Å². The zero-order valence-electron chi connectivity index (χ0n) is 28.8. The summed E-state index contributed by atoms with van der Waals surface area (Å²) in [5.74, 6) is 3.00. The summed E-state index contributed by atoms with van der Waals surface area (Å²) in [5, 5.41) is 3.36. The van der Waals surface area contributed by atoms with Crippen LogP contribution in [0.3, 0.4) is 0 Å². The fourth-order valence-corrected chi connectivity index (χ4v) is 6.22. The number of benzene rings is 3. The van der Waals surface area contributed by atoms with Crippen molar-refractivity contribution in [1.82, 2.24) is 9.97 Å². The zero-order chi connectivity index (χ0) is 33.6. The molecule has 47 heavy (non-hydrogen) atoms. The largest absolute Gasteiger partial charge is 0.497 e. The molecule has 1 N–H and O–H groups in total. The van der Waals surface area contributed by atoms with Gasteiger partial charge in [-0.05, 0) is 54.0 Å². The number of fused-ring (bicyclic) bond motifs is 1. The number of carbonyl (C=O) groups excluding carboxylic acids is 1. The number of urea groups is 1. The van der Waals surface area contributed by atoms with E-state index in [1.54, 1.807) is 36.3 Å². The number of hydrogen-bond acceptors (Lipinski definition) is 7. The van der Waals surface area contributed by atoms with Crippen LogP contribution in [-0.4, -0.2) is 43.3 Å². The third-order valence-electron chi connectivity index (χ3n) is 8.93. The van der Waals surface area contributed by atoms with Gasteiger partial charge in [0.05, 0.1) is 33.0 Å². The number of anilines is 5. The predicted molar refractivity (Wildman–Crippen MR) is 191 cm³/mol. The molecule has 1 aromatic heterocycles. The second-order valence-corrected chi connectivity index (χ2v) is 12.9. The SMILES string of the molecule is CC.COc1cc(OC)cc(N2Cc3cnc(Nc4ccc(N5CCC(C(C)(C)C)CC5)cc4)nc3N(Cc3ccccc3)C2=O)c1. The van der Waals surface area contributed by atoms with Gasteiger partial charge in [-0.15, -0.1) is 0 Å². The molecule has 0 radical (unpaired) electrons. The molecule has 2 aliphatic rings. The van der Waals surface area contributed by atoms with E-state index < -0.39 is 0 Å². The molecule has 9 heteroatoms. The molecular weight excluding hydrogens is 588 g/mol. The highest BCUT2D eigenvalue weighted by Gasteiger charge is 2.34. The normalized spacial score (nSPS) is 15.0. The molecule has 1 fully saturated rings. The molecule has 0 saturated carbocycles. The highest BCUT2D eigenvalue weighted by Crippen LogP contribution is 2.37. The molecule has 6 rings (SSSR count). The molecule has 0 unspecified atom stereocenters. The van der Waals surface area contributed by atoms with Crippen LogP contribution in [0.4, 0.5) is 33.6 Å². The van der Waals surface area contributed by atoms with Crippen LogP contribution in [0.25, 0.3) is 0 Å². The Kier molecular flexibility index (Phi) is 10.5. The lowest BCUT2D eigenvalue weighted by atomic mass is 9.75. The number of piperidine rings is 1. The summed E-state index contributed by atoms with van der Waals surface area (Å²) in [6, 6.07) is 23.6. The van der Waals surface area contributed by atoms with Gasteiger partial charge in [0.25, 0.3) is 0 Å². The van der Waals surface area contributed by atoms with Crippen LogP contribution < -0.4 is 29.5 Å². The summed E-state index contributed by atoms with van der Waals surface area (Å²) in [5.41, 5.74) is 4.99. The van der Waals surface area contributed by atoms with Crippen LogP contribution in [-0.2, 0) is 13.1 Å². The number of nitrogens with one attached hydrogen (secondary N) is 1. The Hall–Kier alpha value is -4.79. The van der Waals surface area contributed by atoms with E-state index in [0.717, 1.165) is 35.8 Å². The Morgan fingerprint density at radius 2 is 1.51 bits per heavy atom. The number of aromatic nitrogens is 2. The number of methoxy groups -OCH3 is 2. The number of rotatable bonds is 8. The van der Waals surface area contributed by atoms with Crippen molar-refractivity contribution in [3.05, 3.63) is 90.1 Å². The molecule has 2 amide bonds. The minimum atomic E-state index is -0.189. The van der Waals surface area contributed by atoms with Gasteiger partial charge in [-0.25, -0.2) is 9.78 Å². The molecule has 0 bridgehead atoms. The van der Waals surface area contributed by atoms with Crippen LogP contribution >= 0.6 is 0 Å². The molecule has 4 aromatic rings. The minimum Gasteiger partial charge on any atom is -0.497 e. The second-order valence-electron chi connectivity index (χ2n) is 12.9. The van der Waals surface area contributed by atoms with E-state index in [1.165, 1.54) is 18.5 Å². The van der Waals surface area contributed by atoms with Crippen molar-refractivity contribution >= 4 is 34.9 Å². The van der Waals surface area contributed by atoms with E-state index in [1.807, 2.05) is 56.3 Å². The van der Waals surface area contributed by atoms with Crippen LogP contribution in [0.1, 0.15) is 58.6 Å². The van der Waals surface area contributed by atoms with Crippen molar-refractivity contribution in [3.8, 4) is 11.5 Å². The summed E-state index contributed by atoms with van der Waals surface area (Å²) in [6.07, 6.45) is 4.23. The summed E-state index contributed by atoms with van der Waals surface area (Å²) < 4.78 is 11.0. The van der Waals surface area contributed by atoms with E-state index in [0.29, 0.717) is 47.5 Å². The van der Waals surface area contributed by atoms with Crippen LogP contribution in [0.2, 0.25) is 0 Å². The van der Waals surface area contributed by atoms with Crippen molar-refractivity contribution in [1.29, 1.82) is 0 Å². The van der Waals surface area contributed by atoms with E-state index in [4.69, 9.17) is 14.5 Å². The minimum absolute atomic E-state index is 0.189. The first-order valence-corrected chi connectivity index (χ1v) is 16.6.